The number of para-hydroxylation sites is 1. The SMILES string of the molecule is CCCSc1nnc2c(n1)O[C@@]1(CCC[C@@H](C)C1)Nc1ccccc1-2. The third-order valence-electron chi connectivity index (χ3n) is 4.86. The minimum Gasteiger partial charge on any atom is -0.449 e. The summed E-state index contributed by atoms with van der Waals surface area (Å²) >= 11 is 1.63. The zero-order chi connectivity index (χ0) is 17.3. The van der Waals surface area contributed by atoms with Gasteiger partial charge in [0.2, 0.25) is 11.0 Å². The van der Waals surface area contributed by atoms with Crippen LogP contribution in [-0.4, -0.2) is 26.7 Å². The van der Waals surface area contributed by atoms with Crippen molar-refractivity contribution in [2.75, 3.05) is 11.1 Å². The molecular weight excluding hydrogens is 332 g/mol. The number of fused-ring (bicyclic) bond motifs is 3. The molecule has 4 rings (SSSR count). The molecule has 2 heterocycles. The molecule has 0 radical (unpaired) electrons. The van der Waals surface area contributed by atoms with Crippen LogP contribution in [0.5, 0.6) is 5.88 Å². The maximum atomic E-state index is 6.52. The van der Waals surface area contributed by atoms with Crippen LogP contribution in [0, 0.1) is 5.92 Å². The highest BCUT2D eigenvalue weighted by molar-refractivity contribution is 7.99. The molecular formula is C19H24N4OS. The summed E-state index contributed by atoms with van der Waals surface area (Å²) < 4.78 is 6.52. The van der Waals surface area contributed by atoms with Gasteiger partial charge in [-0.15, -0.1) is 10.2 Å². The van der Waals surface area contributed by atoms with Gasteiger partial charge in [-0.05, 0) is 24.8 Å². The highest BCUT2D eigenvalue weighted by Gasteiger charge is 2.41. The van der Waals surface area contributed by atoms with Crippen LogP contribution < -0.4 is 10.1 Å². The maximum Gasteiger partial charge on any atom is 0.247 e. The number of hydrogen-bond donors (Lipinski definition) is 1. The van der Waals surface area contributed by atoms with Crippen molar-refractivity contribution in [2.45, 2.75) is 56.8 Å². The highest BCUT2D eigenvalue weighted by atomic mass is 32.2. The lowest BCUT2D eigenvalue weighted by Gasteiger charge is -2.40. The molecule has 5 nitrogen and oxygen atoms in total. The Kier molecular flexibility index (Phi) is 4.54. The van der Waals surface area contributed by atoms with E-state index >= 15 is 0 Å². The first kappa shape index (κ1) is 16.6. The van der Waals surface area contributed by atoms with Crippen molar-refractivity contribution >= 4 is 17.4 Å². The summed E-state index contributed by atoms with van der Waals surface area (Å²) in [6.45, 7) is 4.45. The summed E-state index contributed by atoms with van der Waals surface area (Å²) in [7, 11) is 0. The maximum absolute atomic E-state index is 6.52. The molecule has 25 heavy (non-hydrogen) atoms. The Morgan fingerprint density at radius 3 is 3.04 bits per heavy atom. The standard InChI is InChI=1S/C19H24N4OS/c1-3-11-25-18-20-17-16(22-23-18)14-8-4-5-9-15(14)21-19(24-17)10-6-7-13(2)12-19/h4-5,8-9,13,21H,3,6-7,10-12H2,1-2H3/t13-,19-/m1/s1. The fourth-order valence-corrected chi connectivity index (χ4v) is 4.39. The molecule has 1 spiro atoms. The quantitative estimate of drug-likeness (QED) is 0.801. The van der Waals surface area contributed by atoms with E-state index in [1.54, 1.807) is 11.8 Å². The molecule has 0 amide bonds. The topological polar surface area (TPSA) is 59.9 Å². The van der Waals surface area contributed by atoms with Gasteiger partial charge in [0, 0.05) is 29.8 Å². The van der Waals surface area contributed by atoms with E-state index < -0.39 is 5.72 Å². The fraction of sp³-hybridized carbons (Fsp3) is 0.526. The molecule has 0 bridgehead atoms. The van der Waals surface area contributed by atoms with Crippen molar-refractivity contribution in [3.8, 4) is 17.1 Å². The van der Waals surface area contributed by atoms with Crippen LogP contribution in [0.25, 0.3) is 11.3 Å². The number of nitrogens with zero attached hydrogens (tertiary/aromatic N) is 3. The molecule has 1 fully saturated rings. The van der Waals surface area contributed by atoms with E-state index in [2.05, 4.69) is 41.5 Å². The average molecular weight is 356 g/mol. The van der Waals surface area contributed by atoms with Crippen LogP contribution in [0.15, 0.2) is 29.4 Å². The number of benzene rings is 1. The van der Waals surface area contributed by atoms with E-state index in [1.807, 2.05) is 12.1 Å². The minimum absolute atomic E-state index is 0.401. The van der Waals surface area contributed by atoms with Gasteiger partial charge in [0.05, 0.1) is 0 Å². The van der Waals surface area contributed by atoms with Crippen molar-refractivity contribution < 1.29 is 4.74 Å². The number of aromatic nitrogens is 3. The first-order valence-electron chi connectivity index (χ1n) is 9.13. The van der Waals surface area contributed by atoms with Gasteiger partial charge in [-0.25, -0.2) is 0 Å². The minimum atomic E-state index is -0.401. The molecule has 1 aromatic carbocycles. The van der Waals surface area contributed by atoms with E-state index in [1.165, 1.54) is 6.42 Å². The smallest absolute Gasteiger partial charge is 0.247 e. The fourth-order valence-electron chi connectivity index (χ4n) is 3.76. The largest absolute Gasteiger partial charge is 0.449 e. The van der Waals surface area contributed by atoms with E-state index in [0.717, 1.165) is 48.4 Å². The molecule has 0 saturated heterocycles. The number of anilines is 1. The molecule has 2 aromatic rings. The lowest BCUT2D eigenvalue weighted by atomic mass is 9.84. The first-order chi connectivity index (χ1) is 12.2. The van der Waals surface area contributed by atoms with E-state index in [4.69, 9.17) is 9.72 Å². The Labute approximate surface area is 153 Å². The molecule has 2 atom stereocenters. The van der Waals surface area contributed by atoms with E-state index in [-0.39, 0.29) is 0 Å². The van der Waals surface area contributed by atoms with Gasteiger partial charge in [-0.1, -0.05) is 50.2 Å². The molecule has 6 heteroatoms. The predicted molar refractivity (Wildman–Crippen MR) is 101 cm³/mol. The molecule has 132 valence electrons. The van der Waals surface area contributed by atoms with Gasteiger partial charge in [-0.3, -0.25) is 0 Å². The van der Waals surface area contributed by atoms with Gasteiger partial charge in [-0.2, -0.15) is 4.98 Å². The van der Waals surface area contributed by atoms with Gasteiger partial charge in [0.1, 0.15) is 0 Å². The van der Waals surface area contributed by atoms with Crippen LogP contribution >= 0.6 is 11.8 Å². The van der Waals surface area contributed by atoms with Crippen molar-refractivity contribution in [3.05, 3.63) is 24.3 Å². The average Bonchev–Trinajstić information content (AvgIpc) is 2.73. The second kappa shape index (κ2) is 6.83. The third-order valence-corrected chi connectivity index (χ3v) is 5.91. The van der Waals surface area contributed by atoms with Crippen LogP contribution in [0.1, 0.15) is 46.0 Å². The van der Waals surface area contributed by atoms with E-state index in [9.17, 15) is 0 Å². The number of nitrogens with one attached hydrogen (secondary N) is 1. The van der Waals surface area contributed by atoms with Crippen molar-refractivity contribution in [3.63, 3.8) is 0 Å². The monoisotopic (exact) mass is 356 g/mol. The summed E-state index contributed by atoms with van der Waals surface area (Å²) in [5.74, 6) is 2.22. The van der Waals surface area contributed by atoms with Crippen LogP contribution in [-0.2, 0) is 0 Å². The van der Waals surface area contributed by atoms with Crippen LogP contribution in [0.4, 0.5) is 5.69 Å². The lowest BCUT2D eigenvalue weighted by Crippen LogP contribution is -2.47. The summed E-state index contributed by atoms with van der Waals surface area (Å²) in [5, 5.41) is 13.2. The zero-order valence-corrected chi connectivity index (χ0v) is 15.6. The zero-order valence-electron chi connectivity index (χ0n) is 14.8. The van der Waals surface area contributed by atoms with Crippen LogP contribution in [0.2, 0.25) is 0 Å². The molecule has 0 unspecified atom stereocenters. The molecule has 2 aliphatic rings. The van der Waals surface area contributed by atoms with Crippen LogP contribution in [0.3, 0.4) is 0 Å². The van der Waals surface area contributed by atoms with E-state index in [0.29, 0.717) is 17.0 Å². The van der Waals surface area contributed by atoms with Crippen molar-refractivity contribution in [1.82, 2.24) is 15.2 Å². The Balaban J connectivity index is 1.79. The Bertz CT molecular complexity index is 769. The first-order valence-corrected chi connectivity index (χ1v) is 10.1. The molecule has 1 aliphatic carbocycles. The predicted octanol–water partition coefficient (Wildman–Crippen LogP) is 4.75. The third kappa shape index (κ3) is 3.32. The Morgan fingerprint density at radius 1 is 1.32 bits per heavy atom. The number of hydrogen-bond acceptors (Lipinski definition) is 6. The molecule has 1 N–H and O–H groups in total. The Morgan fingerprint density at radius 2 is 2.20 bits per heavy atom. The van der Waals surface area contributed by atoms with Crippen molar-refractivity contribution in [2.24, 2.45) is 5.92 Å². The molecule has 1 saturated carbocycles. The summed E-state index contributed by atoms with van der Waals surface area (Å²) in [5.41, 5.74) is 2.40. The van der Waals surface area contributed by atoms with Gasteiger partial charge in [0.25, 0.3) is 0 Å². The summed E-state index contributed by atoms with van der Waals surface area (Å²) in [6, 6.07) is 8.22. The number of rotatable bonds is 3. The van der Waals surface area contributed by atoms with Crippen molar-refractivity contribution in [1.29, 1.82) is 0 Å². The number of thioether (sulfide) groups is 1. The second-order valence-electron chi connectivity index (χ2n) is 7.07. The number of ether oxygens (including phenoxy) is 1. The van der Waals surface area contributed by atoms with Gasteiger partial charge >= 0.3 is 0 Å². The summed E-state index contributed by atoms with van der Waals surface area (Å²) in [6.07, 6.45) is 5.44. The lowest BCUT2D eigenvalue weighted by molar-refractivity contribution is 0.0343. The highest BCUT2D eigenvalue weighted by Crippen LogP contribution is 2.44. The Hall–Kier alpha value is -1.82. The summed E-state index contributed by atoms with van der Waals surface area (Å²) in [4.78, 5) is 4.71. The molecule has 1 aliphatic heterocycles. The van der Waals surface area contributed by atoms with Gasteiger partial charge < -0.3 is 10.1 Å². The van der Waals surface area contributed by atoms with Gasteiger partial charge in [0.15, 0.2) is 11.4 Å². The second-order valence-corrected chi connectivity index (χ2v) is 8.13. The normalized spacial score (nSPS) is 24.6. The molecule has 1 aromatic heterocycles.